The van der Waals surface area contributed by atoms with E-state index in [9.17, 15) is 18.0 Å². The quantitative estimate of drug-likeness (QED) is 0.638. The van der Waals surface area contributed by atoms with E-state index in [-0.39, 0.29) is 34.5 Å². The SMILES string of the molecule is O=C1C=C(Nc2cc(S(=O)(=O)N3CCCc4ccccc43)ccc2Cl)C(=O)N1CCO. The summed E-state index contributed by atoms with van der Waals surface area (Å²) < 4.78 is 28.2. The third-order valence-corrected chi connectivity index (χ3v) is 7.33. The lowest BCUT2D eigenvalue weighted by Gasteiger charge is -2.30. The molecule has 4 rings (SSSR count). The summed E-state index contributed by atoms with van der Waals surface area (Å²) in [6.07, 6.45) is 2.61. The first-order chi connectivity index (χ1) is 14.8. The van der Waals surface area contributed by atoms with Crippen molar-refractivity contribution in [1.82, 2.24) is 4.90 Å². The summed E-state index contributed by atoms with van der Waals surface area (Å²) in [6, 6.07) is 11.6. The van der Waals surface area contributed by atoms with Gasteiger partial charge in [-0.1, -0.05) is 29.8 Å². The van der Waals surface area contributed by atoms with Crippen LogP contribution in [0.1, 0.15) is 12.0 Å². The minimum atomic E-state index is -3.87. The first-order valence-corrected chi connectivity index (χ1v) is 11.5. The van der Waals surface area contributed by atoms with Crippen molar-refractivity contribution in [3.63, 3.8) is 0 Å². The summed E-state index contributed by atoms with van der Waals surface area (Å²) in [5, 5.41) is 12.0. The molecule has 0 radical (unpaired) electrons. The topological polar surface area (TPSA) is 107 Å². The smallest absolute Gasteiger partial charge is 0.277 e. The standard InChI is InChI=1S/C21H20ClN3O5S/c22-16-8-7-15(12-17(16)23-18-13-20(27)24(10-11-26)21(18)28)31(29,30)25-9-3-5-14-4-1-2-6-19(14)25/h1-2,4,6-8,12-13,23,26H,3,5,9-11H2. The molecule has 0 aliphatic carbocycles. The monoisotopic (exact) mass is 461 g/mol. The van der Waals surface area contributed by atoms with Crippen molar-refractivity contribution in [3.05, 3.63) is 64.8 Å². The van der Waals surface area contributed by atoms with Crippen LogP contribution >= 0.6 is 11.6 Å². The molecule has 0 saturated heterocycles. The van der Waals surface area contributed by atoms with Gasteiger partial charge in [-0.15, -0.1) is 0 Å². The number of carbonyl (C=O) groups is 2. The summed E-state index contributed by atoms with van der Waals surface area (Å²) in [4.78, 5) is 25.2. The van der Waals surface area contributed by atoms with E-state index in [0.717, 1.165) is 23.0 Å². The van der Waals surface area contributed by atoms with Crippen LogP contribution in [0.5, 0.6) is 0 Å². The van der Waals surface area contributed by atoms with Gasteiger partial charge in [-0.2, -0.15) is 0 Å². The number of β-amino-alcohol motifs (C(OH)–C–C–N with tert-alkyl or cyclic N) is 1. The number of fused-ring (bicyclic) bond motifs is 1. The molecule has 0 unspecified atom stereocenters. The zero-order valence-electron chi connectivity index (χ0n) is 16.4. The fourth-order valence-electron chi connectivity index (χ4n) is 3.69. The number of para-hydroxylation sites is 1. The number of nitrogens with zero attached hydrogens (tertiary/aromatic N) is 2. The van der Waals surface area contributed by atoms with Crippen molar-refractivity contribution in [3.8, 4) is 0 Å². The number of aliphatic hydroxyl groups is 1. The van der Waals surface area contributed by atoms with Gasteiger partial charge in [-0.25, -0.2) is 8.42 Å². The van der Waals surface area contributed by atoms with E-state index in [1.807, 2.05) is 12.1 Å². The number of amides is 2. The number of nitrogens with one attached hydrogen (secondary N) is 1. The van der Waals surface area contributed by atoms with Gasteiger partial charge in [0.05, 0.1) is 34.4 Å². The number of benzene rings is 2. The zero-order valence-corrected chi connectivity index (χ0v) is 18.0. The van der Waals surface area contributed by atoms with Crippen LogP contribution in [-0.4, -0.2) is 49.9 Å². The van der Waals surface area contributed by atoms with Crippen LogP contribution in [-0.2, 0) is 26.0 Å². The molecule has 0 saturated carbocycles. The number of hydrogen-bond acceptors (Lipinski definition) is 6. The molecule has 0 aromatic heterocycles. The Labute approximate surface area is 184 Å². The maximum atomic E-state index is 13.4. The first-order valence-electron chi connectivity index (χ1n) is 9.68. The molecular weight excluding hydrogens is 442 g/mol. The van der Waals surface area contributed by atoms with E-state index in [2.05, 4.69) is 5.32 Å². The molecule has 8 nitrogen and oxygen atoms in total. The van der Waals surface area contributed by atoms with E-state index in [0.29, 0.717) is 18.7 Å². The summed E-state index contributed by atoms with van der Waals surface area (Å²) >= 11 is 6.23. The predicted octanol–water partition coefficient (Wildman–Crippen LogP) is 2.14. The fourth-order valence-corrected chi connectivity index (χ4v) is 5.42. The fraction of sp³-hybridized carbons (Fsp3) is 0.238. The van der Waals surface area contributed by atoms with Crippen molar-refractivity contribution in [2.75, 3.05) is 29.3 Å². The Morgan fingerprint density at radius 2 is 1.90 bits per heavy atom. The molecule has 2 aromatic rings. The molecule has 2 aliphatic heterocycles. The van der Waals surface area contributed by atoms with E-state index in [1.54, 1.807) is 12.1 Å². The Morgan fingerprint density at radius 3 is 2.68 bits per heavy atom. The zero-order chi connectivity index (χ0) is 22.2. The van der Waals surface area contributed by atoms with Crippen molar-refractivity contribution >= 4 is 44.8 Å². The highest BCUT2D eigenvalue weighted by Gasteiger charge is 2.32. The molecule has 162 valence electrons. The Bertz CT molecular complexity index is 1200. The van der Waals surface area contributed by atoms with Gasteiger partial charge in [-0.05, 0) is 42.7 Å². The van der Waals surface area contributed by atoms with E-state index >= 15 is 0 Å². The Kier molecular flexibility index (Phi) is 5.74. The average molecular weight is 462 g/mol. The highest BCUT2D eigenvalue weighted by molar-refractivity contribution is 7.92. The van der Waals surface area contributed by atoms with Gasteiger partial charge < -0.3 is 10.4 Å². The van der Waals surface area contributed by atoms with Crippen molar-refractivity contribution in [2.45, 2.75) is 17.7 Å². The molecule has 2 amide bonds. The van der Waals surface area contributed by atoms with Crippen LogP contribution in [0.15, 0.2) is 59.1 Å². The number of imide groups is 1. The summed E-state index contributed by atoms with van der Waals surface area (Å²) in [7, 11) is -3.87. The number of halogens is 1. The summed E-state index contributed by atoms with van der Waals surface area (Å²) in [5.74, 6) is -1.18. The Balaban J connectivity index is 1.65. The molecule has 0 spiro atoms. The highest BCUT2D eigenvalue weighted by atomic mass is 35.5. The number of carbonyl (C=O) groups excluding carboxylic acids is 2. The summed E-state index contributed by atoms with van der Waals surface area (Å²) in [5.41, 5.74) is 1.76. The van der Waals surface area contributed by atoms with E-state index < -0.39 is 21.8 Å². The molecule has 0 atom stereocenters. The number of rotatable bonds is 6. The lowest BCUT2D eigenvalue weighted by molar-refractivity contribution is -0.137. The van der Waals surface area contributed by atoms with Gasteiger partial charge in [0.25, 0.3) is 21.8 Å². The van der Waals surface area contributed by atoms with Gasteiger partial charge in [0.15, 0.2) is 0 Å². The van der Waals surface area contributed by atoms with Crippen LogP contribution in [0.25, 0.3) is 0 Å². The van der Waals surface area contributed by atoms with Gasteiger partial charge >= 0.3 is 0 Å². The van der Waals surface area contributed by atoms with Crippen molar-refractivity contribution in [1.29, 1.82) is 0 Å². The lowest BCUT2D eigenvalue weighted by atomic mass is 10.0. The minimum Gasteiger partial charge on any atom is -0.395 e. The molecule has 0 bridgehead atoms. The minimum absolute atomic E-state index is 0.0145. The van der Waals surface area contributed by atoms with Crippen LogP contribution in [0.2, 0.25) is 5.02 Å². The molecule has 2 heterocycles. The predicted molar refractivity (Wildman–Crippen MR) is 116 cm³/mol. The largest absolute Gasteiger partial charge is 0.395 e. The second-order valence-corrected chi connectivity index (χ2v) is 9.42. The van der Waals surface area contributed by atoms with Gasteiger partial charge in [0.2, 0.25) is 0 Å². The number of sulfonamides is 1. The summed E-state index contributed by atoms with van der Waals surface area (Å²) in [6.45, 7) is -0.126. The van der Waals surface area contributed by atoms with Crippen LogP contribution < -0.4 is 9.62 Å². The van der Waals surface area contributed by atoms with E-state index in [1.165, 1.54) is 22.5 Å². The van der Waals surface area contributed by atoms with E-state index in [4.69, 9.17) is 16.7 Å². The molecular formula is C21H20ClN3O5S. The number of aliphatic hydroxyl groups excluding tert-OH is 1. The third kappa shape index (κ3) is 3.91. The highest BCUT2D eigenvalue weighted by Crippen LogP contribution is 2.34. The normalized spacial score (nSPS) is 16.4. The molecule has 2 aliphatic rings. The molecule has 2 N–H and O–H groups in total. The molecule has 2 aromatic carbocycles. The van der Waals surface area contributed by atoms with Crippen molar-refractivity contribution in [2.24, 2.45) is 0 Å². The van der Waals surface area contributed by atoms with Crippen LogP contribution in [0, 0.1) is 0 Å². The van der Waals surface area contributed by atoms with Gasteiger partial charge in [0.1, 0.15) is 5.70 Å². The Morgan fingerprint density at radius 1 is 1.13 bits per heavy atom. The number of aryl methyl sites for hydroxylation is 1. The van der Waals surface area contributed by atoms with Crippen LogP contribution in [0.3, 0.4) is 0 Å². The maximum absolute atomic E-state index is 13.4. The van der Waals surface area contributed by atoms with Crippen molar-refractivity contribution < 1.29 is 23.1 Å². The first kappa shape index (κ1) is 21.4. The molecule has 31 heavy (non-hydrogen) atoms. The second kappa shape index (κ2) is 8.33. The average Bonchev–Trinajstić information content (AvgIpc) is 3.02. The van der Waals surface area contributed by atoms with Gasteiger partial charge in [0, 0.05) is 12.6 Å². The number of hydrogen-bond donors (Lipinski definition) is 2. The molecule has 10 heteroatoms. The third-order valence-electron chi connectivity index (χ3n) is 5.20. The van der Waals surface area contributed by atoms with Crippen LogP contribution in [0.4, 0.5) is 11.4 Å². The number of anilines is 2. The maximum Gasteiger partial charge on any atom is 0.277 e. The second-order valence-electron chi connectivity index (χ2n) is 7.15. The Hall–Kier alpha value is -2.88. The molecule has 0 fully saturated rings. The lowest BCUT2D eigenvalue weighted by Crippen LogP contribution is -2.35. The van der Waals surface area contributed by atoms with Gasteiger partial charge in [-0.3, -0.25) is 18.8 Å².